The first-order chi connectivity index (χ1) is 7.75. The summed E-state index contributed by atoms with van der Waals surface area (Å²) in [5, 5.41) is 3.64. The molecule has 3 nitrogen and oxygen atoms in total. The van der Waals surface area contributed by atoms with Crippen LogP contribution in [-0.2, 0) is 4.74 Å². The molecule has 0 aromatic heterocycles. The number of hydrogen-bond acceptors (Lipinski definition) is 3. The van der Waals surface area contributed by atoms with E-state index >= 15 is 0 Å². The van der Waals surface area contributed by atoms with Crippen LogP contribution in [0, 0.1) is 11.8 Å². The molecule has 1 aliphatic heterocycles. The summed E-state index contributed by atoms with van der Waals surface area (Å²) in [5.74, 6) is 1.96. The smallest absolute Gasteiger partial charge is 0.0480 e. The van der Waals surface area contributed by atoms with E-state index in [9.17, 15) is 0 Å². The van der Waals surface area contributed by atoms with E-state index in [0.29, 0.717) is 6.04 Å². The molecule has 0 bridgehead atoms. The molecule has 2 unspecified atom stereocenters. The number of ether oxygens (including phenoxy) is 1. The van der Waals surface area contributed by atoms with Gasteiger partial charge in [-0.05, 0) is 38.1 Å². The highest BCUT2D eigenvalue weighted by Gasteiger charge is 2.32. The Bertz CT molecular complexity index is 204. The second kappa shape index (κ2) is 5.99. The van der Waals surface area contributed by atoms with Gasteiger partial charge in [0.25, 0.3) is 0 Å². The monoisotopic (exact) mass is 226 g/mol. The Hall–Kier alpha value is -0.120. The van der Waals surface area contributed by atoms with Gasteiger partial charge in [-0.3, -0.25) is 0 Å². The molecule has 1 saturated heterocycles. The van der Waals surface area contributed by atoms with Crippen molar-refractivity contribution < 1.29 is 4.74 Å². The van der Waals surface area contributed by atoms with Gasteiger partial charge < -0.3 is 15.0 Å². The van der Waals surface area contributed by atoms with E-state index in [0.717, 1.165) is 31.6 Å². The quantitative estimate of drug-likeness (QED) is 0.740. The molecule has 0 radical (unpaired) electrons. The van der Waals surface area contributed by atoms with Crippen LogP contribution in [0.5, 0.6) is 0 Å². The minimum absolute atomic E-state index is 0.696. The average molecular weight is 226 g/mol. The van der Waals surface area contributed by atoms with Gasteiger partial charge in [0.05, 0.1) is 0 Å². The van der Waals surface area contributed by atoms with Crippen molar-refractivity contribution >= 4 is 0 Å². The van der Waals surface area contributed by atoms with Crippen LogP contribution in [0.25, 0.3) is 0 Å². The maximum atomic E-state index is 5.35. The number of rotatable bonds is 6. The summed E-state index contributed by atoms with van der Waals surface area (Å²) in [6, 6.07) is 0.696. The fourth-order valence-electron chi connectivity index (χ4n) is 2.51. The van der Waals surface area contributed by atoms with Gasteiger partial charge in [0.15, 0.2) is 0 Å². The Morgan fingerprint density at radius 2 is 2.00 bits per heavy atom. The molecule has 94 valence electrons. The van der Waals surface area contributed by atoms with Crippen LogP contribution in [-0.4, -0.2) is 50.8 Å². The zero-order valence-corrected chi connectivity index (χ0v) is 10.7. The van der Waals surface area contributed by atoms with Crippen molar-refractivity contribution in [2.24, 2.45) is 11.8 Å². The second-order valence-corrected chi connectivity index (χ2v) is 5.58. The van der Waals surface area contributed by atoms with Crippen molar-refractivity contribution in [3.05, 3.63) is 0 Å². The number of nitrogens with zero attached hydrogens (tertiary/aromatic N) is 1. The highest BCUT2D eigenvalue weighted by Crippen LogP contribution is 2.37. The first-order valence-corrected chi connectivity index (χ1v) is 6.75. The Kier molecular flexibility index (Phi) is 4.62. The summed E-state index contributed by atoms with van der Waals surface area (Å²) in [5.41, 5.74) is 0. The van der Waals surface area contributed by atoms with Crippen molar-refractivity contribution in [2.45, 2.75) is 32.2 Å². The molecule has 1 heterocycles. The summed E-state index contributed by atoms with van der Waals surface area (Å²) < 4.78 is 5.35. The summed E-state index contributed by atoms with van der Waals surface area (Å²) in [6.07, 6.45) is 3.81. The first kappa shape index (κ1) is 12.3. The summed E-state index contributed by atoms with van der Waals surface area (Å²) in [4.78, 5) is 2.47. The van der Waals surface area contributed by atoms with Crippen LogP contribution in [0.3, 0.4) is 0 Å². The van der Waals surface area contributed by atoms with Crippen molar-refractivity contribution in [1.29, 1.82) is 0 Å². The Labute approximate surface area is 99.5 Å². The predicted octanol–water partition coefficient (Wildman–Crippen LogP) is 1.34. The highest BCUT2D eigenvalue weighted by atomic mass is 16.5. The van der Waals surface area contributed by atoms with E-state index in [1.807, 2.05) is 0 Å². The van der Waals surface area contributed by atoms with E-state index in [-0.39, 0.29) is 0 Å². The summed E-state index contributed by atoms with van der Waals surface area (Å²) in [7, 11) is 2.25. The van der Waals surface area contributed by atoms with E-state index in [1.165, 1.54) is 32.4 Å². The van der Waals surface area contributed by atoms with Crippen molar-refractivity contribution in [1.82, 2.24) is 10.2 Å². The van der Waals surface area contributed by atoms with Crippen LogP contribution < -0.4 is 5.32 Å². The lowest BCUT2D eigenvalue weighted by Gasteiger charge is -2.24. The predicted molar refractivity (Wildman–Crippen MR) is 66.6 cm³/mol. The van der Waals surface area contributed by atoms with Crippen molar-refractivity contribution in [3.8, 4) is 0 Å². The molecule has 1 N–H and O–H groups in total. The van der Waals surface area contributed by atoms with Gasteiger partial charge in [0.1, 0.15) is 0 Å². The molecule has 2 fully saturated rings. The lowest BCUT2D eigenvalue weighted by molar-refractivity contribution is 0.0774. The molecule has 0 aromatic rings. The number of nitrogens with one attached hydrogen (secondary N) is 1. The minimum atomic E-state index is 0.696. The van der Waals surface area contributed by atoms with Crippen LogP contribution in [0.15, 0.2) is 0 Å². The molecule has 16 heavy (non-hydrogen) atoms. The third-order valence-corrected chi connectivity index (χ3v) is 3.97. The zero-order chi connectivity index (χ0) is 11.4. The van der Waals surface area contributed by atoms with Gasteiger partial charge in [-0.1, -0.05) is 6.92 Å². The molecule has 1 aliphatic carbocycles. The maximum absolute atomic E-state index is 5.35. The number of likely N-dealkylation sites (N-methyl/N-ethyl adjacent to an activating group) is 1. The Morgan fingerprint density at radius 1 is 1.31 bits per heavy atom. The van der Waals surface area contributed by atoms with E-state index < -0.39 is 0 Å². The Balaban J connectivity index is 1.49. The van der Waals surface area contributed by atoms with E-state index in [1.54, 1.807) is 0 Å². The molecule has 0 spiro atoms. The van der Waals surface area contributed by atoms with Crippen LogP contribution in [0.1, 0.15) is 26.2 Å². The fraction of sp³-hybridized carbons (Fsp3) is 1.00. The highest BCUT2D eigenvalue weighted by molar-refractivity contribution is 4.84. The van der Waals surface area contributed by atoms with Crippen LogP contribution in [0.4, 0.5) is 0 Å². The van der Waals surface area contributed by atoms with Gasteiger partial charge in [-0.25, -0.2) is 0 Å². The van der Waals surface area contributed by atoms with Gasteiger partial charge in [0, 0.05) is 38.9 Å². The molecule has 1 saturated carbocycles. The molecule has 2 rings (SSSR count). The third-order valence-electron chi connectivity index (χ3n) is 3.97. The minimum Gasteiger partial charge on any atom is -0.381 e. The van der Waals surface area contributed by atoms with Gasteiger partial charge in [-0.2, -0.15) is 0 Å². The van der Waals surface area contributed by atoms with E-state index in [4.69, 9.17) is 4.74 Å². The third kappa shape index (κ3) is 4.04. The standard InChI is InChI=1S/C13H26N2O/c1-11-9-12(11)10-15(2)6-5-14-13-3-7-16-8-4-13/h11-14H,3-10H2,1-2H3. The SMILES string of the molecule is CC1CC1CN(C)CCNC1CCOCC1. The van der Waals surface area contributed by atoms with Crippen LogP contribution >= 0.6 is 0 Å². The summed E-state index contributed by atoms with van der Waals surface area (Å²) in [6.45, 7) is 7.83. The normalized spacial score (nSPS) is 30.9. The lowest BCUT2D eigenvalue weighted by Crippen LogP contribution is -2.39. The fourth-order valence-corrected chi connectivity index (χ4v) is 2.51. The molecule has 0 amide bonds. The van der Waals surface area contributed by atoms with E-state index in [2.05, 4.69) is 24.2 Å². The molecular weight excluding hydrogens is 200 g/mol. The Morgan fingerprint density at radius 3 is 2.62 bits per heavy atom. The molecule has 3 heteroatoms. The second-order valence-electron chi connectivity index (χ2n) is 5.58. The molecule has 0 aromatic carbocycles. The average Bonchev–Trinajstić information content (AvgIpc) is 2.95. The van der Waals surface area contributed by atoms with Gasteiger partial charge in [-0.15, -0.1) is 0 Å². The van der Waals surface area contributed by atoms with Crippen molar-refractivity contribution in [3.63, 3.8) is 0 Å². The van der Waals surface area contributed by atoms with Crippen LogP contribution in [0.2, 0.25) is 0 Å². The lowest BCUT2D eigenvalue weighted by atomic mass is 10.1. The summed E-state index contributed by atoms with van der Waals surface area (Å²) >= 11 is 0. The first-order valence-electron chi connectivity index (χ1n) is 6.75. The maximum Gasteiger partial charge on any atom is 0.0480 e. The van der Waals surface area contributed by atoms with Crippen molar-refractivity contribution in [2.75, 3.05) is 39.9 Å². The molecule has 2 aliphatic rings. The zero-order valence-electron chi connectivity index (χ0n) is 10.7. The molecular formula is C13H26N2O. The van der Waals surface area contributed by atoms with Gasteiger partial charge in [0.2, 0.25) is 0 Å². The largest absolute Gasteiger partial charge is 0.381 e. The topological polar surface area (TPSA) is 24.5 Å². The number of hydrogen-bond donors (Lipinski definition) is 1. The molecule has 2 atom stereocenters. The van der Waals surface area contributed by atoms with Gasteiger partial charge >= 0.3 is 0 Å².